The van der Waals surface area contributed by atoms with Gasteiger partial charge in [0.05, 0.1) is 10.5 Å². The maximum absolute atomic E-state index is 11.8. The minimum absolute atomic E-state index is 0.0791. The van der Waals surface area contributed by atoms with Crippen molar-refractivity contribution < 1.29 is 16.8 Å². The van der Waals surface area contributed by atoms with E-state index in [0.29, 0.717) is 13.1 Å². The van der Waals surface area contributed by atoms with Gasteiger partial charge in [-0.15, -0.1) is 0 Å². The second-order valence-electron chi connectivity index (χ2n) is 7.18. The Morgan fingerprint density at radius 1 is 0.808 bits per heavy atom. The van der Waals surface area contributed by atoms with Crippen LogP contribution in [-0.4, -0.2) is 40.4 Å². The molecule has 26 heavy (non-hydrogen) atoms. The van der Waals surface area contributed by atoms with Crippen LogP contribution < -0.4 is 9.44 Å². The number of hydrogen-bond acceptors (Lipinski definition) is 4. The molecule has 0 spiro atoms. The molecule has 0 saturated heterocycles. The molecule has 0 aliphatic carbocycles. The Labute approximate surface area is 158 Å². The molecule has 1 rings (SSSR count). The van der Waals surface area contributed by atoms with Crippen LogP contribution >= 0.6 is 0 Å². The summed E-state index contributed by atoms with van der Waals surface area (Å²) >= 11 is 0. The minimum Gasteiger partial charge on any atom is -0.215 e. The molecule has 150 valence electrons. The molecule has 0 amide bonds. The quantitative estimate of drug-likeness (QED) is 0.554. The molecule has 1 aromatic rings. The lowest BCUT2D eigenvalue weighted by Gasteiger charge is -2.15. The van der Waals surface area contributed by atoms with E-state index in [9.17, 15) is 16.8 Å². The molecular weight excluding hydrogens is 372 g/mol. The van der Waals surface area contributed by atoms with Crippen LogP contribution in [0, 0.1) is 0 Å². The van der Waals surface area contributed by atoms with Gasteiger partial charge in [0.15, 0.2) is 0 Å². The van der Waals surface area contributed by atoms with E-state index in [2.05, 4.69) is 9.44 Å². The Bertz CT molecular complexity index is 755. The lowest BCUT2D eigenvalue weighted by atomic mass is 9.99. The predicted molar refractivity (Wildman–Crippen MR) is 107 cm³/mol. The van der Waals surface area contributed by atoms with E-state index < -0.39 is 30.5 Å². The molecule has 8 heteroatoms. The van der Waals surface area contributed by atoms with Crippen molar-refractivity contribution in [3.8, 4) is 0 Å². The molecule has 0 heterocycles. The van der Waals surface area contributed by atoms with E-state index in [1.54, 1.807) is 27.7 Å². The molecule has 0 aromatic heterocycles. The van der Waals surface area contributed by atoms with Crippen molar-refractivity contribution in [3.05, 3.63) is 35.4 Å². The first kappa shape index (κ1) is 23.1. The predicted octanol–water partition coefficient (Wildman–Crippen LogP) is 2.38. The van der Waals surface area contributed by atoms with Gasteiger partial charge in [-0.2, -0.15) is 0 Å². The van der Waals surface area contributed by atoms with Crippen molar-refractivity contribution >= 4 is 20.0 Å². The van der Waals surface area contributed by atoms with Gasteiger partial charge in [0.1, 0.15) is 0 Å². The highest BCUT2D eigenvalue weighted by Crippen LogP contribution is 2.16. The average Bonchev–Trinajstić information content (AvgIpc) is 2.57. The van der Waals surface area contributed by atoms with Crippen molar-refractivity contribution in [1.29, 1.82) is 0 Å². The zero-order chi connectivity index (χ0) is 20.0. The topological polar surface area (TPSA) is 92.3 Å². The molecule has 6 nitrogen and oxygen atoms in total. The zero-order valence-electron chi connectivity index (χ0n) is 16.3. The van der Waals surface area contributed by atoms with Crippen molar-refractivity contribution in [2.75, 3.05) is 13.1 Å². The van der Waals surface area contributed by atoms with Crippen molar-refractivity contribution in [3.63, 3.8) is 0 Å². The summed E-state index contributed by atoms with van der Waals surface area (Å²) in [7, 11) is -6.45. The van der Waals surface area contributed by atoms with Gasteiger partial charge in [0.2, 0.25) is 20.0 Å². The van der Waals surface area contributed by atoms with Gasteiger partial charge in [-0.3, -0.25) is 0 Å². The SMILES string of the molecule is CC(CNS(=O)(=O)C(C)C)c1ccc(CCCNS(=O)(=O)C(C)C)cc1. The second-order valence-corrected chi connectivity index (χ2v) is 11.8. The van der Waals surface area contributed by atoms with Crippen molar-refractivity contribution in [2.24, 2.45) is 0 Å². The van der Waals surface area contributed by atoms with E-state index in [4.69, 9.17) is 0 Å². The van der Waals surface area contributed by atoms with Crippen LogP contribution in [0.5, 0.6) is 0 Å². The van der Waals surface area contributed by atoms with Gasteiger partial charge in [0.25, 0.3) is 0 Å². The Balaban J connectivity index is 2.48. The summed E-state index contributed by atoms with van der Waals surface area (Å²) in [4.78, 5) is 0. The largest absolute Gasteiger partial charge is 0.215 e. The number of hydrogen-bond donors (Lipinski definition) is 2. The van der Waals surface area contributed by atoms with Crippen LogP contribution in [0.1, 0.15) is 58.1 Å². The van der Waals surface area contributed by atoms with Crippen LogP contribution in [0.15, 0.2) is 24.3 Å². The van der Waals surface area contributed by atoms with E-state index in [1.807, 2.05) is 31.2 Å². The van der Waals surface area contributed by atoms with Gasteiger partial charge in [-0.1, -0.05) is 31.2 Å². The average molecular weight is 405 g/mol. The minimum atomic E-state index is -3.25. The third-order valence-corrected chi connectivity index (χ3v) is 7.98. The first-order chi connectivity index (χ1) is 12.0. The van der Waals surface area contributed by atoms with E-state index >= 15 is 0 Å². The van der Waals surface area contributed by atoms with E-state index in [0.717, 1.165) is 24.0 Å². The molecule has 0 bridgehead atoms. The number of rotatable bonds is 11. The lowest BCUT2D eigenvalue weighted by Crippen LogP contribution is -2.33. The third-order valence-electron chi connectivity index (χ3n) is 4.33. The van der Waals surface area contributed by atoms with Crippen LogP contribution in [0.3, 0.4) is 0 Å². The second kappa shape index (κ2) is 9.82. The summed E-state index contributed by atoms with van der Waals surface area (Å²) in [5, 5.41) is -0.860. The summed E-state index contributed by atoms with van der Waals surface area (Å²) in [6.45, 7) is 9.41. The fraction of sp³-hybridized carbons (Fsp3) is 0.667. The normalized spacial score (nSPS) is 14.1. The number of nitrogens with one attached hydrogen (secondary N) is 2. The summed E-state index contributed by atoms with van der Waals surface area (Å²) in [5.41, 5.74) is 2.20. The summed E-state index contributed by atoms with van der Waals surface area (Å²) < 4.78 is 52.2. The molecular formula is C18H32N2O4S2. The van der Waals surface area contributed by atoms with Crippen molar-refractivity contribution in [2.45, 2.75) is 63.9 Å². The monoisotopic (exact) mass is 404 g/mol. The molecule has 0 fully saturated rings. The highest BCUT2D eigenvalue weighted by molar-refractivity contribution is 7.90. The fourth-order valence-electron chi connectivity index (χ4n) is 2.21. The van der Waals surface area contributed by atoms with Gasteiger partial charge >= 0.3 is 0 Å². The standard InChI is InChI=1S/C18H32N2O4S2/c1-14(2)25(21,22)19-12-6-7-17-8-10-18(11-9-17)16(5)13-20-26(23,24)15(3)4/h8-11,14-16,19-20H,6-7,12-13H2,1-5H3. The van der Waals surface area contributed by atoms with Crippen LogP contribution in [0.2, 0.25) is 0 Å². The summed E-state index contributed by atoms with van der Waals surface area (Å²) in [6.07, 6.45) is 1.52. The van der Waals surface area contributed by atoms with Gasteiger partial charge < -0.3 is 0 Å². The third kappa shape index (κ3) is 7.34. The summed E-state index contributed by atoms with van der Waals surface area (Å²) in [6, 6.07) is 8.03. The Morgan fingerprint density at radius 3 is 1.81 bits per heavy atom. The fourth-order valence-corrected chi connectivity index (χ4v) is 3.79. The maximum atomic E-state index is 11.8. The van der Waals surface area contributed by atoms with E-state index in [1.165, 1.54) is 0 Å². The van der Waals surface area contributed by atoms with Crippen LogP contribution in [-0.2, 0) is 26.5 Å². The summed E-state index contributed by atoms with van der Waals surface area (Å²) in [5.74, 6) is 0.0791. The van der Waals surface area contributed by atoms with Gasteiger partial charge in [0, 0.05) is 13.1 Å². The zero-order valence-corrected chi connectivity index (χ0v) is 18.0. The molecule has 0 aliphatic rings. The molecule has 0 saturated carbocycles. The van der Waals surface area contributed by atoms with Crippen molar-refractivity contribution in [1.82, 2.24) is 9.44 Å². The molecule has 1 atom stereocenters. The van der Waals surface area contributed by atoms with E-state index in [-0.39, 0.29) is 5.92 Å². The molecule has 2 N–H and O–H groups in total. The van der Waals surface area contributed by atoms with Crippen LogP contribution in [0.25, 0.3) is 0 Å². The Hall–Kier alpha value is -0.960. The van der Waals surface area contributed by atoms with Gasteiger partial charge in [-0.25, -0.2) is 26.3 Å². The molecule has 1 unspecified atom stereocenters. The lowest BCUT2D eigenvalue weighted by molar-refractivity contribution is 0.566. The number of aryl methyl sites for hydroxylation is 1. The number of benzene rings is 1. The smallest absolute Gasteiger partial charge is 0.213 e. The molecule has 0 radical (unpaired) electrons. The Morgan fingerprint density at radius 2 is 1.31 bits per heavy atom. The first-order valence-electron chi connectivity index (χ1n) is 9.01. The highest BCUT2D eigenvalue weighted by Gasteiger charge is 2.17. The first-order valence-corrected chi connectivity index (χ1v) is 12.1. The highest BCUT2D eigenvalue weighted by atomic mass is 32.2. The maximum Gasteiger partial charge on any atom is 0.213 e. The molecule has 0 aliphatic heterocycles. The van der Waals surface area contributed by atoms with Gasteiger partial charge in [-0.05, 0) is 57.6 Å². The van der Waals surface area contributed by atoms with Crippen LogP contribution in [0.4, 0.5) is 0 Å². The molecule has 1 aromatic carbocycles. The Kier molecular flexibility index (Phi) is 8.72. The number of sulfonamides is 2.